The van der Waals surface area contributed by atoms with E-state index in [9.17, 15) is 0 Å². The Morgan fingerprint density at radius 2 is 0.982 bits per heavy atom. The molecular formula is C50H32N4O. The monoisotopic (exact) mass is 704 g/mol. The molecule has 0 radical (unpaired) electrons. The molecule has 0 fully saturated rings. The molecule has 258 valence electrons. The zero-order chi connectivity index (χ0) is 36.3. The Balaban J connectivity index is 1.04. The average Bonchev–Trinajstić information content (AvgIpc) is 3.59. The van der Waals surface area contributed by atoms with E-state index in [1.807, 2.05) is 30.3 Å². The third kappa shape index (κ3) is 5.17. The van der Waals surface area contributed by atoms with Gasteiger partial charge >= 0.3 is 0 Å². The van der Waals surface area contributed by atoms with Gasteiger partial charge in [-0.2, -0.15) is 0 Å². The SMILES string of the molecule is c1ccc(-c2ccc(-c3nc(-n4c5ccccc5c5cc(-c6ccc7c(c6)Oc6ccccc6N7c6ccccc6)ccc54)nc4ccccc34)cc2)cc1. The zero-order valence-corrected chi connectivity index (χ0v) is 29.7. The number of nitrogens with zero attached hydrogens (tertiary/aromatic N) is 4. The summed E-state index contributed by atoms with van der Waals surface area (Å²) in [7, 11) is 0. The predicted octanol–water partition coefficient (Wildman–Crippen LogP) is 13.3. The summed E-state index contributed by atoms with van der Waals surface area (Å²) in [5.74, 6) is 2.29. The molecule has 0 atom stereocenters. The number of rotatable bonds is 5. The predicted molar refractivity (Wildman–Crippen MR) is 225 cm³/mol. The lowest BCUT2D eigenvalue weighted by atomic mass is 10.0. The van der Waals surface area contributed by atoms with E-state index in [0.717, 1.165) is 83.7 Å². The van der Waals surface area contributed by atoms with E-state index in [4.69, 9.17) is 14.7 Å². The van der Waals surface area contributed by atoms with Crippen molar-refractivity contribution in [2.75, 3.05) is 4.90 Å². The number of ether oxygens (including phenoxy) is 1. The van der Waals surface area contributed by atoms with Crippen LogP contribution >= 0.6 is 0 Å². The summed E-state index contributed by atoms with van der Waals surface area (Å²) in [5, 5.41) is 3.29. The lowest BCUT2D eigenvalue weighted by Gasteiger charge is -2.33. The van der Waals surface area contributed by atoms with Crippen LogP contribution in [0.5, 0.6) is 11.5 Å². The van der Waals surface area contributed by atoms with Crippen molar-refractivity contribution in [2.45, 2.75) is 0 Å². The van der Waals surface area contributed by atoms with Crippen LogP contribution in [-0.2, 0) is 0 Å². The van der Waals surface area contributed by atoms with Crippen LogP contribution in [0.1, 0.15) is 0 Å². The fourth-order valence-electron chi connectivity index (χ4n) is 8.00. The summed E-state index contributed by atoms with van der Waals surface area (Å²) in [4.78, 5) is 12.8. The van der Waals surface area contributed by atoms with Gasteiger partial charge in [-0.1, -0.05) is 133 Å². The van der Waals surface area contributed by atoms with Gasteiger partial charge in [-0.25, -0.2) is 9.97 Å². The molecule has 5 nitrogen and oxygen atoms in total. The van der Waals surface area contributed by atoms with Gasteiger partial charge in [0.15, 0.2) is 11.5 Å². The number of hydrogen-bond donors (Lipinski definition) is 0. The van der Waals surface area contributed by atoms with Crippen molar-refractivity contribution in [3.05, 3.63) is 194 Å². The van der Waals surface area contributed by atoms with E-state index < -0.39 is 0 Å². The van der Waals surface area contributed by atoms with Crippen molar-refractivity contribution < 1.29 is 4.74 Å². The van der Waals surface area contributed by atoms with Crippen LogP contribution in [0.15, 0.2) is 194 Å². The van der Waals surface area contributed by atoms with Gasteiger partial charge in [0.2, 0.25) is 5.95 Å². The first-order valence-corrected chi connectivity index (χ1v) is 18.5. The Labute approximate surface area is 318 Å². The topological polar surface area (TPSA) is 43.2 Å². The normalized spacial score (nSPS) is 12.1. The Kier molecular flexibility index (Phi) is 7.10. The number of anilines is 3. The van der Waals surface area contributed by atoms with Crippen LogP contribution in [0.4, 0.5) is 17.1 Å². The van der Waals surface area contributed by atoms with Crippen molar-refractivity contribution in [2.24, 2.45) is 0 Å². The van der Waals surface area contributed by atoms with Gasteiger partial charge in [0, 0.05) is 27.4 Å². The molecule has 11 rings (SSSR count). The maximum atomic E-state index is 6.56. The molecule has 3 heterocycles. The number of aromatic nitrogens is 3. The third-order valence-corrected chi connectivity index (χ3v) is 10.6. The Morgan fingerprint density at radius 1 is 0.382 bits per heavy atom. The van der Waals surface area contributed by atoms with Crippen LogP contribution < -0.4 is 9.64 Å². The average molecular weight is 705 g/mol. The van der Waals surface area contributed by atoms with Gasteiger partial charge < -0.3 is 9.64 Å². The molecule has 0 saturated carbocycles. The smallest absolute Gasteiger partial charge is 0.235 e. The van der Waals surface area contributed by atoms with Gasteiger partial charge in [-0.05, 0) is 82.9 Å². The van der Waals surface area contributed by atoms with Crippen LogP contribution in [0, 0.1) is 0 Å². The minimum absolute atomic E-state index is 0.640. The molecular weight excluding hydrogens is 673 g/mol. The number of benzene rings is 8. The molecule has 0 saturated heterocycles. The highest BCUT2D eigenvalue weighted by Gasteiger charge is 2.26. The maximum absolute atomic E-state index is 6.56. The standard InChI is InChI=1S/C50H32N4O/c1-3-13-33(14-4-1)34-23-25-35(26-24-34)49-40-18-7-9-19-42(40)51-50(52-49)54-43-20-10-8-17-39(43)41-31-36(27-29-44(41)54)37-28-30-46-48(32-37)55-47-22-12-11-21-45(47)53(46)38-15-5-2-6-16-38/h1-32H. The second kappa shape index (κ2) is 12.6. The number of fused-ring (bicyclic) bond motifs is 6. The number of hydrogen-bond acceptors (Lipinski definition) is 4. The van der Waals surface area contributed by atoms with Crippen LogP contribution in [-0.4, -0.2) is 14.5 Å². The second-order valence-electron chi connectivity index (χ2n) is 13.8. The van der Waals surface area contributed by atoms with E-state index >= 15 is 0 Å². The van der Waals surface area contributed by atoms with Crippen molar-refractivity contribution >= 4 is 49.8 Å². The molecule has 1 aliphatic rings. The molecule has 8 aromatic carbocycles. The Bertz CT molecular complexity index is 3060. The first kappa shape index (κ1) is 31.1. The fourth-order valence-corrected chi connectivity index (χ4v) is 8.00. The van der Waals surface area contributed by atoms with E-state index in [-0.39, 0.29) is 0 Å². The molecule has 0 amide bonds. The van der Waals surface area contributed by atoms with Gasteiger partial charge in [0.05, 0.1) is 33.6 Å². The quantitative estimate of drug-likeness (QED) is 0.179. The minimum atomic E-state index is 0.640. The first-order chi connectivity index (χ1) is 27.3. The summed E-state index contributed by atoms with van der Waals surface area (Å²) in [6, 6.07) is 67.8. The lowest BCUT2D eigenvalue weighted by molar-refractivity contribution is 0.477. The molecule has 1 aliphatic heterocycles. The number of para-hydroxylation sites is 5. The molecule has 0 aliphatic carbocycles. The summed E-state index contributed by atoms with van der Waals surface area (Å²) < 4.78 is 8.76. The molecule has 0 unspecified atom stereocenters. The molecule has 0 spiro atoms. The maximum Gasteiger partial charge on any atom is 0.235 e. The van der Waals surface area contributed by atoms with E-state index in [1.165, 1.54) is 11.1 Å². The van der Waals surface area contributed by atoms with E-state index in [2.05, 4.69) is 173 Å². The Morgan fingerprint density at radius 3 is 1.84 bits per heavy atom. The van der Waals surface area contributed by atoms with E-state index in [1.54, 1.807) is 0 Å². The highest BCUT2D eigenvalue weighted by Crippen LogP contribution is 2.51. The summed E-state index contributed by atoms with van der Waals surface area (Å²) in [5.41, 5.74) is 12.6. The highest BCUT2D eigenvalue weighted by molar-refractivity contribution is 6.10. The van der Waals surface area contributed by atoms with Crippen molar-refractivity contribution in [3.63, 3.8) is 0 Å². The van der Waals surface area contributed by atoms with Gasteiger partial charge in [-0.15, -0.1) is 0 Å². The Hall–Kier alpha value is -7.50. The summed E-state index contributed by atoms with van der Waals surface area (Å²) in [6.07, 6.45) is 0. The fraction of sp³-hybridized carbons (Fsp3) is 0. The lowest BCUT2D eigenvalue weighted by Crippen LogP contribution is -2.15. The third-order valence-electron chi connectivity index (χ3n) is 10.6. The van der Waals surface area contributed by atoms with Gasteiger partial charge in [0.25, 0.3) is 0 Å². The largest absolute Gasteiger partial charge is 0.453 e. The van der Waals surface area contributed by atoms with Crippen molar-refractivity contribution in [1.82, 2.24) is 14.5 Å². The molecule has 55 heavy (non-hydrogen) atoms. The molecule has 2 aromatic heterocycles. The van der Waals surface area contributed by atoms with Crippen LogP contribution in [0.3, 0.4) is 0 Å². The second-order valence-corrected chi connectivity index (χ2v) is 13.8. The highest BCUT2D eigenvalue weighted by atomic mass is 16.5. The summed E-state index contributed by atoms with van der Waals surface area (Å²) >= 11 is 0. The van der Waals surface area contributed by atoms with Crippen LogP contribution in [0.2, 0.25) is 0 Å². The van der Waals surface area contributed by atoms with Crippen LogP contribution in [0.25, 0.3) is 72.2 Å². The van der Waals surface area contributed by atoms with Crippen molar-refractivity contribution in [1.29, 1.82) is 0 Å². The molecule has 10 aromatic rings. The van der Waals surface area contributed by atoms with Gasteiger partial charge in [-0.3, -0.25) is 4.57 Å². The van der Waals surface area contributed by atoms with Crippen molar-refractivity contribution in [3.8, 4) is 51.0 Å². The minimum Gasteiger partial charge on any atom is -0.453 e. The van der Waals surface area contributed by atoms with E-state index in [0.29, 0.717) is 5.95 Å². The molecule has 0 bridgehead atoms. The summed E-state index contributed by atoms with van der Waals surface area (Å²) in [6.45, 7) is 0. The molecule has 0 N–H and O–H groups in total. The zero-order valence-electron chi connectivity index (χ0n) is 29.7. The molecule has 5 heteroatoms. The first-order valence-electron chi connectivity index (χ1n) is 18.5. The van der Waals surface area contributed by atoms with Gasteiger partial charge in [0.1, 0.15) is 0 Å².